The lowest BCUT2D eigenvalue weighted by Gasteiger charge is -2.09. The zero-order valence-corrected chi connectivity index (χ0v) is 12.1. The van der Waals surface area contributed by atoms with Crippen molar-refractivity contribution in [2.75, 3.05) is 11.9 Å². The maximum absolute atomic E-state index is 12.3. The third-order valence-corrected chi connectivity index (χ3v) is 3.00. The molecule has 0 aliphatic rings. The largest absolute Gasteiger partial charge is 0.321 e. The lowest BCUT2D eigenvalue weighted by molar-refractivity contribution is 0.102. The molecule has 2 rings (SSSR count). The molecule has 106 valence electrons. The highest BCUT2D eigenvalue weighted by Gasteiger charge is 2.11. The summed E-state index contributed by atoms with van der Waals surface area (Å²) in [6.07, 6.45) is 1.66. The van der Waals surface area contributed by atoms with E-state index in [2.05, 4.69) is 22.1 Å². The Morgan fingerprint density at radius 1 is 1.33 bits per heavy atom. The van der Waals surface area contributed by atoms with Gasteiger partial charge in [-0.05, 0) is 43.7 Å². The Bertz CT molecular complexity index is 726. The first-order valence-corrected chi connectivity index (χ1v) is 6.64. The number of hydrogen-bond donors (Lipinski definition) is 2. The lowest BCUT2D eigenvalue weighted by Crippen LogP contribution is -2.14. The molecule has 1 amide bonds. The van der Waals surface area contributed by atoms with Crippen molar-refractivity contribution in [2.45, 2.75) is 13.8 Å². The number of rotatable bonds is 2. The number of nitrogens with two attached hydrogens (primary N) is 1. The second-order valence-corrected chi connectivity index (χ2v) is 4.65. The molecule has 0 atom stereocenters. The van der Waals surface area contributed by atoms with Crippen molar-refractivity contribution in [1.82, 2.24) is 4.98 Å². The van der Waals surface area contributed by atoms with E-state index in [1.165, 1.54) is 0 Å². The zero-order valence-electron chi connectivity index (χ0n) is 12.1. The molecule has 0 fully saturated rings. The molecule has 0 aliphatic heterocycles. The van der Waals surface area contributed by atoms with E-state index in [9.17, 15) is 4.79 Å². The molecule has 0 bridgehead atoms. The van der Waals surface area contributed by atoms with Gasteiger partial charge in [0, 0.05) is 17.5 Å². The highest BCUT2D eigenvalue weighted by Crippen LogP contribution is 2.18. The molecule has 4 heteroatoms. The molecule has 1 aromatic heterocycles. The number of carbonyl (C=O) groups excluding carboxylic acids is 1. The van der Waals surface area contributed by atoms with Gasteiger partial charge in [0.05, 0.1) is 17.8 Å². The van der Waals surface area contributed by atoms with E-state index >= 15 is 0 Å². The average molecular weight is 279 g/mol. The Labute approximate surface area is 124 Å². The van der Waals surface area contributed by atoms with Gasteiger partial charge in [0.1, 0.15) is 0 Å². The van der Waals surface area contributed by atoms with E-state index in [-0.39, 0.29) is 12.5 Å². The molecule has 0 saturated carbocycles. The second kappa shape index (κ2) is 6.69. The maximum Gasteiger partial charge on any atom is 0.257 e. The first-order valence-electron chi connectivity index (χ1n) is 6.64. The Morgan fingerprint density at radius 3 is 2.86 bits per heavy atom. The van der Waals surface area contributed by atoms with Crippen molar-refractivity contribution >= 4 is 11.6 Å². The summed E-state index contributed by atoms with van der Waals surface area (Å²) in [6.45, 7) is 4.06. The Balaban J connectivity index is 2.31. The van der Waals surface area contributed by atoms with Crippen LogP contribution in [0.4, 0.5) is 5.69 Å². The first kappa shape index (κ1) is 14.8. The number of aromatic nitrogens is 1. The maximum atomic E-state index is 12.3. The van der Waals surface area contributed by atoms with Gasteiger partial charge < -0.3 is 11.1 Å². The summed E-state index contributed by atoms with van der Waals surface area (Å²) >= 11 is 0. The quantitative estimate of drug-likeness (QED) is 0.829. The molecule has 0 saturated heterocycles. The molecule has 1 heterocycles. The van der Waals surface area contributed by atoms with Crippen LogP contribution in [0.25, 0.3) is 0 Å². The SMILES string of the molecule is Cc1ccc(NC(=O)c2cccnc2C)c(C#CCN)c1. The molecule has 0 unspecified atom stereocenters. The van der Waals surface area contributed by atoms with Gasteiger partial charge in [0.2, 0.25) is 0 Å². The van der Waals surface area contributed by atoms with Crippen LogP contribution in [0.2, 0.25) is 0 Å². The van der Waals surface area contributed by atoms with Crippen molar-refractivity contribution in [3.8, 4) is 11.8 Å². The van der Waals surface area contributed by atoms with Crippen molar-refractivity contribution in [3.05, 3.63) is 58.9 Å². The predicted molar refractivity (Wildman–Crippen MR) is 84.0 cm³/mol. The van der Waals surface area contributed by atoms with Gasteiger partial charge in [-0.2, -0.15) is 0 Å². The van der Waals surface area contributed by atoms with E-state index in [4.69, 9.17) is 5.73 Å². The van der Waals surface area contributed by atoms with Crippen LogP contribution in [-0.4, -0.2) is 17.4 Å². The number of anilines is 1. The Morgan fingerprint density at radius 2 is 2.14 bits per heavy atom. The smallest absolute Gasteiger partial charge is 0.257 e. The summed E-state index contributed by atoms with van der Waals surface area (Å²) in [6, 6.07) is 9.19. The number of aryl methyl sites for hydroxylation is 2. The third-order valence-electron chi connectivity index (χ3n) is 3.00. The number of nitrogens with one attached hydrogen (secondary N) is 1. The van der Waals surface area contributed by atoms with Crippen molar-refractivity contribution in [1.29, 1.82) is 0 Å². The molecule has 1 aromatic carbocycles. The number of benzene rings is 1. The van der Waals surface area contributed by atoms with Gasteiger partial charge in [-0.25, -0.2) is 0 Å². The molecule has 21 heavy (non-hydrogen) atoms. The second-order valence-electron chi connectivity index (χ2n) is 4.65. The summed E-state index contributed by atoms with van der Waals surface area (Å²) in [4.78, 5) is 16.4. The van der Waals surface area contributed by atoms with Crippen molar-refractivity contribution < 1.29 is 4.79 Å². The average Bonchev–Trinajstić information content (AvgIpc) is 2.47. The van der Waals surface area contributed by atoms with Crippen molar-refractivity contribution in [3.63, 3.8) is 0 Å². The minimum atomic E-state index is -0.194. The number of pyridine rings is 1. The topological polar surface area (TPSA) is 68.0 Å². The fourth-order valence-corrected chi connectivity index (χ4v) is 1.93. The predicted octanol–water partition coefficient (Wildman–Crippen LogP) is 2.26. The van der Waals surface area contributed by atoms with Crippen LogP contribution < -0.4 is 11.1 Å². The van der Waals surface area contributed by atoms with Gasteiger partial charge in [0.25, 0.3) is 5.91 Å². The van der Waals surface area contributed by atoms with Crippen LogP contribution in [0.3, 0.4) is 0 Å². The molecule has 0 spiro atoms. The number of carbonyl (C=O) groups is 1. The normalized spacial score (nSPS) is 9.67. The van der Waals surface area contributed by atoms with E-state index in [1.807, 2.05) is 25.1 Å². The van der Waals surface area contributed by atoms with Crippen LogP contribution in [-0.2, 0) is 0 Å². The summed E-state index contributed by atoms with van der Waals surface area (Å²) in [5.41, 5.74) is 9.16. The van der Waals surface area contributed by atoms with Gasteiger partial charge in [0.15, 0.2) is 0 Å². The fraction of sp³-hybridized carbons (Fsp3) is 0.176. The summed E-state index contributed by atoms with van der Waals surface area (Å²) < 4.78 is 0. The highest BCUT2D eigenvalue weighted by atomic mass is 16.1. The number of hydrogen-bond acceptors (Lipinski definition) is 3. The molecule has 3 N–H and O–H groups in total. The molecular weight excluding hydrogens is 262 g/mol. The standard InChI is InChI=1S/C17H17N3O/c1-12-7-8-16(14(11-12)5-3-9-18)20-17(21)15-6-4-10-19-13(15)2/h4,6-8,10-11H,9,18H2,1-2H3,(H,20,21). The molecule has 2 aromatic rings. The minimum Gasteiger partial charge on any atom is -0.321 e. The van der Waals surface area contributed by atoms with Crippen molar-refractivity contribution in [2.24, 2.45) is 5.73 Å². The monoisotopic (exact) mass is 279 g/mol. The van der Waals surface area contributed by atoms with Gasteiger partial charge >= 0.3 is 0 Å². The van der Waals surface area contributed by atoms with Gasteiger partial charge in [-0.1, -0.05) is 17.9 Å². The summed E-state index contributed by atoms with van der Waals surface area (Å²) in [7, 11) is 0. The Hall–Kier alpha value is -2.64. The van der Waals surface area contributed by atoms with Crippen LogP contribution in [0.1, 0.15) is 27.2 Å². The van der Waals surface area contributed by atoms with Crippen LogP contribution >= 0.6 is 0 Å². The first-order chi connectivity index (χ1) is 10.1. The van der Waals surface area contributed by atoms with E-state index in [0.717, 1.165) is 11.1 Å². The van der Waals surface area contributed by atoms with Crippen LogP contribution in [0.15, 0.2) is 36.5 Å². The molecule has 4 nitrogen and oxygen atoms in total. The van der Waals surface area contributed by atoms with Gasteiger partial charge in [-0.3, -0.25) is 9.78 Å². The highest BCUT2D eigenvalue weighted by molar-refractivity contribution is 6.05. The summed E-state index contributed by atoms with van der Waals surface area (Å²) in [5.74, 6) is 5.60. The fourth-order valence-electron chi connectivity index (χ4n) is 1.93. The van der Waals surface area contributed by atoms with Crippen LogP contribution in [0.5, 0.6) is 0 Å². The van der Waals surface area contributed by atoms with E-state index in [1.54, 1.807) is 25.3 Å². The van der Waals surface area contributed by atoms with Gasteiger partial charge in [-0.15, -0.1) is 0 Å². The van der Waals surface area contributed by atoms with Crippen LogP contribution in [0, 0.1) is 25.7 Å². The van der Waals surface area contributed by atoms with E-state index < -0.39 is 0 Å². The molecule has 0 aliphatic carbocycles. The summed E-state index contributed by atoms with van der Waals surface area (Å²) in [5, 5.41) is 2.88. The number of amides is 1. The lowest BCUT2D eigenvalue weighted by atomic mass is 10.1. The zero-order chi connectivity index (χ0) is 15.2. The number of nitrogens with zero attached hydrogens (tertiary/aromatic N) is 1. The molecule has 0 radical (unpaired) electrons. The molecular formula is C17H17N3O. The van der Waals surface area contributed by atoms with E-state index in [0.29, 0.717) is 16.9 Å². The third kappa shape index (κ3) is 3.68. The minimum absolute atomic E-state index is 0.194. The Kier molecular flexibility index (Phi) is 4.70.